The van der Waals surface area contributed by atoms with Crippen LogP contribution in [0.2, 0.25) is 0 Å². The van der Waals surface area contributed by atoms with E-state index >= 15 is 0 Å². The minimum atomic E-state index is -2.77. The van der Waals surface area contributed by atoms with Crippen LogP contribution in [0, 0.1) is 0 Å². The van der Waals surface area contributed by atoms with Crippen LogP contribution in [0.1, 0.15) is 0 Å². The molecule has 5 rings (SSSR count). The Labute approximate surface area is 399 Å². The fraction of sp³-hybridized carbons (Fsp3) is 0. The Kier molecular flexibility index (Phi) is 21.4. The summed E-state index contributed by atoms with van der Waals surface area (Å²) in [6.45, 7) is 14.4. The number of carbonyl (C=O) groups excluding carboxylic acids is 4. The van der Waals surface area contributed by atoms with Crippen LogP contribution >= 0.6 is 34.1 Å². The summed E-state index contributed by atoms with van der Waals surface area (Å²) >= 11 is -5.55. The second-order valence-electron chi connectivity index (χ2n) is 12.3. The summed E-state index contributed by atoms with van der Waals surface area (Å²) in [7, 11) is 7.41. The number of ether oxygens (including phenoxy) is 4. The fourth-order valence-electron chi connectivity index (χ4n) is 4.79. The SMILES string of the molecule is C=CC=CC(=O)Oc1ccc([S][Bi]([S]c2ccc(OC(=O)C=CC=C)cc2)[c]2cc[c]([Bi]([S]c3ccc(OC(=O)C=CC=C)cc3)[S]c3ccc(OC(=O)C=CC=C)cc3)cc2)cc1. The second-order valence-corrected chi connectivity index (χ2v) is 48.4. The van der Waals surface area contributed by atoms with Crippen LogP contribution in [-0.2, 0) is 19.2 Å². The van der Waals surface area contributed by atoms with Crippen molar-refractivity contribution < 1.29 is 38.1 Å². The Balaban J connectivity index is 1.41. The van der Waals surface area contributed by atoms with Crippen LogP contribution in [0.25, 0.3) is 0 Å². The average molecular weight is 1320 g/mol. The Bertz CT molecular complexity index is 2200. The predicted molar refractivity (Wildman–Crippen MR) is 266 cm³/mol. The third-order valence-corrected chi connectivity index (χ3v) is 48.7. The third-order valence-electron chi connectivity index (χ3n) is 7.67. The molecular formula is C50H40Bi2O8S4. The van der Waals surface area contributed by atoms with Crippen molar-refractivity contribution in [1.82, 2.24) is 0 Å². The Morgan fingerprint density at radius 3 is 0.734 bits per heavy atom. The zero-order valence-electron chi connectivity index (χ0n) is 34.1. The van der Waals surface area contributed by atoms with Crippen molar-refractivity contribution in [1.29, 1.82) is 0 Å². The predicted octanol–water partition coefficient (Wildman–Crippen LogP) is 10.8. The van der Waals surface area contributed by atoms with Gasteiger partial charge >= 0.3 is 403 Å². The van der Waals surface area contributed by atoms with E-state index in [-0.39, 0.29) is 0 Å². The topological polar surface area (TPSA) is 105 Å². The molecule has 5 aromatic rings. The van der Waals surface area contributed by atoms with Gasteiger partial charge in [0.2, 0.25) is 0 Å². The van der Waals surface area contributed by atoms with E-state index < -0.39 is 61.5 Å². The number of rotatable bonds is 22. The van der Waals surface area contributed by atoms with Crippen LogP contribution in [0.4, 0.5) is 0 Å². The molecule has 0 atom stereocenters. The molecule has 0 bridgehead atoms. The summed E-state index contributed by atoms with van der Waals surface area (Å²) in [4.78, 5) is 52.8. The number of benzene rings is 5. The average Bonchev–Trinajstić information content (AvgIpc) is 3.31. The van der Waals surface area contributed by atoms with Crippen molar-refractivity contribution in [2.24, 2.45) is 0 Å². The molecule has 0 amide bonds. The Morgan fingerprint density at radius 2 is 0.547 bits per heavy atom. The first-order chi connectivity index (χ1) is 31.1. The molecule has 322 valence electrons. The van der Waals surface area contributed by atoms with E-state index in [0.717, 1.165) is 19.6 Å². The molecule has 0 fully saturated rings. The summed E-state index contributed by atoms with van der Waals surface area (Å²) in [6, 6.07) is 39.1. The zero-order valence-corrected chi connectivity index (χ0v) is 44.3. The molecule has 5 aromatic carbocycles. The number of hydrogen-bond donors (Lipinski definition) is 0. The van der Waals surface area contributed by atoms with Crippen molar-refractivity contribution in [2.45, 2.75) is 19.6 Å². The van der Waals surface area contributed by atoms with Gasteiger partial charge in [-0.25, -0.2) is 0 Å². The Hall–Kier alpha value is -4.93. The van der Waals surface area contributed by atoms with E-state index in [1.54, 1.807) is 48.5 Å². The van der Waals surface area contributed by atoms with E-state index in [2.05, 4.69) is 50.6 Å². The molecule has 0 saturated carbocycles. The second kappa shape index (κ2) is 27.4. The molecule has 0 aromatic heterocycles. The van der Waals surface area contributed by atoms with Gasteiger partial charge in [-0.1, -0.05) is 0 Å². The van der Waals surface area contributed by atoms with Crippen LogP contribution < -0.4 is 25.5 Å². The maximum absolute atomic E-state index is 12.2. The fourth-order valence-corrected chi connectivity index (χ4v) is 45.8. The van der Waals surface area contributed by atoms with Crippen molar-refractivity contribution in [3.63, 3.8) is 0 Å². The van der Waals surface area contributed by atoms with E-state index in [1.807, 2.05) is 82.6 Å². The van der Waals surface area contributed by atoms with Crippen molar-refractivity contribution in [3.8, 4) is 23.0 Å². The van der Waals surface area contributed by atoms with Gasteiger partial charge in [0.25, 0.3) is 0 Å². The Morgan fingerprint density at radius 1 is 0.344 bits per heavy atom. The van der Waals surface area contributed by atoms with Gasteiger partial charge in [-0.3, -0.25) is 0 Å². The molecule has 0 saturated heterocycles. The number of esters is 4. The van der Waals surface area contributed by atoms with Gasteiger partial charge in [-0.15, -0.1) is 0 Å². The van der Waals surface area contributed by atoms with Gasteiger partial charge in [0, 0.05) is 0 Å². The van der Waals surface area contributed by atoms with E-state index in [4.69, 9.17) is 18.9 Å². The van der Waals surface area contributed by atoms with Crippen LogP contribution in [-0.4, -0.2) is 61.5 Å². The molecule has 0 spiro atoms. The van der Waals surface area contributed by atoms with E-state index in [0.29, 0.717) is 23.0 Å². The standard InChI is InChI=1S/4C11H10O2S.C6H4.2Bi/c4*1-2-3-4-11(12)13-9-5-7-10(14)8-6-9;1-2-4-6-5-3-1;;/h4*2-8,14H,1H2;1-2,5-6H;;/q;;;;;2*+2/p-4. The quantitative estimate of drug-likeness (QED) is 0.0217. The first-order valence-corrected chi connectivity index (χ1v) is 42.6. The summed E-state index contributed by atoms with van der Waals surface area (Å²) < 4.78 is 24.3. The summed E-state index contributed by atoms with van der Waals surface area (Å²) in [6.07, 6.45) is 17.4. The van der Waals surface area contributed by atoms with Crippen molar-refractivity contribution in [2.75, 3.05) is 0 Å². The van der Waals surface area contributed by atoms with Gasteiger partial charge < -0.3 is 0 Å². The van der Waals surface area contributed by atoms with Gasteiger partial charge in [0.05, 0.1) is 0 Å². The molecule has 14 heteroatoms. The summed E-state index contributed by atoms with van der Waals surface area (Å²) in [5.74, 6) is -0.154. The maximum atomic E-state index is 12.2. The molecule has 0 radical (unpaired) electrons. The van der Waals surface area contributed by atoms with Crippen molar-refractivity contribution >= 4 is 102 Å². The molecule has 0 aliphatic rings. The van der Waals surface area contributed by atoms with Crippen molar-refractivity contribution in [3.05, 3.63) is 221 Å². The van der Waals surface area contributed by atoms with Crippen LogP contribution in [0.15, 0.2) is 240 Å². The molecule has 0 aliphatic carbocycles. The van der Waals surface area contributed by atoms with Gasteiger partial charge in [-0.05, 0) is 0 Å². The zero-order chi connectivity index (χ0) is 45.5. The van der Waals surface area contributed by atoms with Crippen LogP contribution in [0.3, 0.4) is 0 Å². The third kappa shape index (κ3) is 17.6. The number of carbonyl (C=O) groups is 4. The monoisotopic (exact) mass is 1310 g/mol. The van der Waals surface area contributed by atoms with E-state index in [1.165, 1.54) is 79.5 Å². The summed E-state index contributed by atoms with van der Waals surface area (Å²) in [5, 5.41) is 0. The number of allylic oxidation sites excluding steroid dienone is 8. The molecule has 8 nitrogen and oxygen atoms in total. The first kappa shape index (κ1) is 50.1. The van der Waals surface area contributed by atoms with Crippen LogP contribution in [0.5, 0.6) is 23.0 Å². The molecule has 64 heavy (non-hydrogen) atoms. The molecular weight excluding hydrogens is 1270 g/mol. The number of hydrogen-bond acceptors (Lipinski definition) is 12. The summed E-state index contributed by atoms with van der Waals surface area (Å²) in [5.41, 5.74) is 0. The van der Waals surface area contributed by atoms with Gasteiger partial charge in [0.15, 0.2) is 0 Å². The first-order valence-electron chi connectivity index (χ1n) is 19.0. The molecule has 0 unspecified atom stereocenters. The minimum absolute atomic E-state index is 0.445. The molecule has 0 N–H and O–H groups in total. The van der Waals surface area contributed by atoms with Gasteiger partial charge in [0.1, 0.15) is 0 Å². The molecule has 0 aliphatic heterocycles. The molecule has 0 heterocycles. The van der Waals surface area contributed by atoms with E-state index in [9.17, 15) is 19.2 Å². The normalized spacial score (nSPS) is 11.3. The van der Waals surface area contributed by atoms with Gasteiger partial charge in [-0.2, -0.15) is 0 Å².